The van der Waals surface area contributed by atoms with Gasteiger partial charge in [-0.05, 0) is 68.4 Å². The van der Waals surface area contributed by atoms with Crippen LogP contribution in [0, 0.1) is 11.6 Å². The summed E-state index contributed by atoms with van der Waals surface area (Å²) >= 11 is 0. The molecule has 0 radical (unpaired) electrons. The standard InChI is InChI=1S/C24H24F2N4O/c1-29(2)14-20-21(25)12-17(13-22(20)26)19-11-10-18(30-15-27-28-24(19)30)9-8-16-6-4-5-7-23(16)31-3/h4-7,10-13,15H,8-9,14H2,1-3H3. The summed E-state index contributed by atoms with van der Waals surface area (Å²) in [7, 11) is 5.21. The van der Waals surface area contributed by atoms with Gasteiger partial charge in [0.2, 0.25) is 0 Å². The summed E-state index contributed by atoms with van der Waals surface area (Å²) in [4.78, 5) is 1.73. The lowest BCUT2D eigenvalue weighted by Gasteiger charge is -2.14. The number of aromatic nitrogens is 3. The van der Waals surface area contributed by atoms with Gasteiger partial charge in [0.15, 0.2) is 5.65 Å². The van der Waals surface area contributed by atoms with Gasteiger partial charge in [-0.15, -0.1) is 10.2 Å². The molecule has 2 heterocycles. The number of aryl methyl sites for hydroxylation is 2. The number of para-hydroxylation sites is 1. The molecule has 7 heteroatoms. The van der Waals surface area contributed by atoms with Crippen molar-refractivity contribution in [1.29, 1.82) is 0 Å². The van der Waals surface area contributed by atoms with Gasteiger partial charge in [0.25, 0.3) is 0 Å². The van der Waals surface area contributed by atoms with Crippen LogP contribution in [0.1, 0.15) is 16.8 Å². The van der Waals surface area contributed by atoms with Gasteiger partial charge in [-0.2, -0.15) is 0 Å². The Kier molecular flexibility index (Phi) is 5.95. The van der Waals surface area contributed by atoms with Crippen molar-refractivity contribution in [3.8, 4) is 16.9 Å². The van der Waals surface area contributed by atoms with E-state index >= 15 is 0 Å². The molecule has 4 aromatic rings. The molecule has 0 amide bonds. The van der Waals surface area contributed by atoms with Crippen molar-refractivity contribution in [2.24, 2.45) is 0 Å². The van der Waals surface area contributed by atoms with E-state index in [1.54, 1.807) is 32.4 Å². The number of fused-ring (bicyclic) bond motifs is 1. The molecule has 0 aliphatic heterocycles. The molecule has 4 rings (SSSR count). The highest BCUT2D eigenvalue weighted by molar-refractivity contribution is 5.77. The molecule has 31 heavy (non-hydrogen) atoms. The third-order valence-corrected chi connectivity index (χ3v) is 5.31. The number of ether oxygens (including phenoxy) is 1. The molecule has 0 spiro atoms. The summed E-state index contributed by atoms with van der Waals surface area (Å²) < 4.78 is 36.5. The van der Waals surface area contributed by atoms with E-state index in [9.17, 15) is 8.78 Å². The van der Waals surface area contributed by atoms with Gasteiger partial charge in [-0.3, -0.25) is 4.40 Å². The summed E-state index contributed by atoms with van der Waals surface area (Å²) in [5.41, 5.74) is 3.80. The predicted octanol–water partition coefficient (Wildman–Crippen LogP) is 4.53. The molecular formula is C24H24F2N4O. The average Bonchev–Trinajstić information content (AvgIpc) is 3.24. The van der Waals surface area contributed by atoms with Gasteiger partial charge in [0, 0.05) is 23.4 Å². The Morgan fingerprint density at radius 3 is 2.45 bits per heavy atom. The van der Waals surface area contributed by atoms with Crippen molar-refractivity contribution in [2.45, 2.75) is 19.4 Å². The van der Waals surface area contributed by atoms with Crippen molar-refractivity contribution in [3.05, 3.63) is 83.3 Å². The molecular weight excluding hydrogens is 398 g/mol. The van der Waals surface area contributed by atoms with Crippen molar-refractivity contribution < 1.29 is 13.5 Å². The number of methoxy groups -OCH3 is 1. The van der Waals surface area contributed by atoms with Crippen molar-refractivity contribution in [3.63, 3.8) is 0 Å². The molecule has 0 atom stereocenters. The van der Waals surface area contributed by atoms with E-state index in [4.69, 9.17) is 4.74 Å². The van der Waals surface area contributed by atoms with E-state index in [0.29, 0.717) is 16.8 Å². The highest BCUT2D eigenvalue weighted by atomic mass is 19.1. The number of rotatable bonds is 7. The van der Waals surface area contributed by atoms with Crippen molar-refractivity contribution >= 4 is 5.65 Å². The fourth-order valence-electron chi connectivity index (χ4n) is 3.79. The lowest BCUT2D eigenvalue weighted by molar-refractivity contribution is 0.381. The Morgan fingerprint density at radius 2 is 1.74 bits per heavy atom. The number of pyridine rings is 1. The highest BCUT2D eigenvalue weighted by Crippen LogP contribution is 2.29. The van der Waals surface area contributed by atoms with E-state index in [-0.39, 0.29) is 12.1 Å². The number of hydrogen-bond acceptors (Lipinski definition) is 4. The molecule has 0 bridgehead atoms. The maximum Gasteiger partial charge on any atom is 0.168 e. The Morgan fingerprint density at radius 1 is 1.00 bits per heavy atom. The largest absolute Gasteiger partial charge is 0.496 e. The number of halogens is 2. The fourth-order valence-corrected chi connectivity index (χ4v) is 3.79. The smallest absolute Gasteiger partial charge is 0.168 e. The Labute approximate surface area is 179 Å². The Hall–Kier alpha value is -3.32. The quantitative estimate of drug-likeness (QED) is 0.439. The molecule has 0 N–H and O–H groups in total. The zero-order valence-electron chi connectivity index (χ0n) is 17.8. The molecule has 0 fully saturated rings. The second-order valence-corrected chi connectivity index (χ2v) is 7.73. The molecule has 0 saturated carbocycles. The average molecular weight is 422 g/mol. The predicted molar refractivity (Wildman–Crippen MR) is 116 cm³/mol. The number of nitrogens with zero attached hydrogens (tertiary/aromatic N) is 4. The van der Waals surface area contributed by atoms with Crippen LogP contribution in [0.25, 0.3) is 16.8 Å². The van der Waals surface area contributed by atoms with Crippen LogP contribution >= 0.6 is 0 Å². The van der Waals surface area contributed by atoms with Crippen LogP contribution in [0.3, 0.4) is 0 Å². The summed E-state index contributed by atoms with van der Waals surface area (Å²) in [5, 5.41) is 8.24. The molecule has 0 aliphatic carbocycles. The molecule has 0 saturated heterocycles. The number of benzene rings is 2. The van der Waals surface area contributed by atoms with Gasteiger partial charge in [0.1, 0.15) is 23.7 Å². The van der Waals surface area contributed by atoms with Crippen LogP contribution in [0.5, 0.6) is 5.75 Å². The van der Waals surface area contributed by atoms with Gasteiger partial charge >= 0.3 is 0 Å². The Bertz CT molecular complexity index is 1200. The van der Waals surface area contributed by atoms with Gasteiger partial charge < -0.3 is 9.64 Å². The summed E-state index contributed by atoms with van der Waals surface area (Å²) in [6.07, 6.45) is 3.14. The number of hydrogen-bond donors (Lipinski definition) is 0. The van der Waals surface area contributed by atoms with Crippen LogP contribution in [0.2, 0.25) is 0 Å². The van der Waals surface area contributed by atoms with Crippen molar-refractivity contribution in [1.82, 2.24) is 19.5 Å². The van der Waals surface area contributed by atoms with Crippen LogP contribution in [-0.4, -0.2) is 40.7 Å². The lowest BCUT2D eigenvalue weighted by Crippen LogP contribution is -2.13. The first-order chi connectivity index (χ1) is 15.0. The minimum atomic E-state index is -0.568. The van der Waals surface area contributed by atoms with Crippen LogP contribution in [0.15, 0.2) is 54.9 Å². The first kappa shape index (κ1) is 20.9. The van der Waals surface area contributed by atoms with E-state index in [0.717, 1.165) is 29.8 Å². The van der Waals surface area contributed by atoms with Crippen LogP contribution < -0.4 is 4.74 Å². The third-order valence-electron chi connectivity index (χ3n) is 5.31. The first-order valence-electron chi connectivity index (χ1n) is 10.0. The van der Waals surface area contributed by atoms with Gasteiger partial charge in [0.05, 0.1) is 7.11 Å². The minimum absolute atomic E-state index is 0.0552. The Balaban J connectivity index is 1.67. The molecule has 2 aromatic carbocycles. The monoisotopic (exact) mass is 422 g/mol. The third kappa shape index (κ3) is 4.27. The minimum Gasteiger partial charge on any atom is -0.496 e. The highest BCUT2D eigenvalue weighted by Gasteiger charge is 2.16. The summed E-state index contributed by atoms with van der Waals surface area (Å²) in [6.45, 7) is 0.195. The zero-order chi connectivity index (χ0) is 22.0. The SMILES string of the molecule is COc1ccccc1CCc1ccc(-c2cc(F)c(CN(C)C)c(F)c2)c2nncn12. The second-order valence-electron chi connectivity index (χ2n) is 7.73. The van der Waals surface area contributed by atoms with E-state index in [1.807, 2.05) is 40.8 Å². The van der Waals surface area contributed by atoms with Gasteiger partial charge in [-0.25, -0.2) is 8.78 Å². The topological polar surface area (TPSA) is 42.7 Å². The maximum absolute atomic E-state index is 14.6. The fraction of sp³-hybridized carbons (Fsp3) is 0.250. The molecule has 0 unspecified atom stereocenters. The van der Waals surface area contributed by atoms with Crippen molar-refractivity contribution in [2.75, 3.05) is 21.2 Å². The molecule has 2 aromatic heterocycles. The molecule has 5 nitrogen and oxygen atoms in total. The summed E-state index contributed by atoms with van der Waals surface area (Å²) in [6, 6.07) is 14.4. The summed E-state index contributed by atoms with van der Waals surface area (Å²) in [5.74, 6) is -0.286. The maximum atomic E-state index is 14.6. The van der Waals surface area contributed by atoms with E-state index in [2.05, 4.69) is 10.2 Å². The van der Waals surface area contributed by atoms with E-state index < -0.39 is 11.6 Å². The molecule has 160 valence electrons. The lowest BCUT2D eigenvalue weighted by atomic mass is 10.0. The van der Waals surface area contributed by atoms with E-state index in [1.165, 1.54) is 12.1 Å². The van der Waals surface area contributed by atoms with Crippen LogP contribution in [0.4, 0.5) is 8.78 Å². The zero-order valence-corrected chi connectivity index (χ0v) is 17.8. The molecule has 0 aliphatic rings. The second kappa shape index (κ2) is 8.81. The normalized spacial score (nSPS) is 11.4. The van der Waals surface area contributed by atoms with Crippen LogP contribution in [-0.2, 0) is 19.4 Å². The van der Waals surface area contributed by atoms with Gasteiger partial charge in [-0.1, -0.05) is 18.2 Å². The first-order valence-corrected chi connectivity index (χ1v) is 10.0.